The van der Waals surface area contributed by atoms with Crippen molar-refractivity contribution < 1.29 is 22.6 Å². The van der Waals surface area contributed by atoms with Crippen LogP contribution in [0, 0.1) is 10.1 Å². The van der Waals surface area contributed by atoms with E-state index in [0.717, 1.165) is 6.33 Å². The van der Waals surface area contributed by atoms with Crippen LogP contribution >= 0.6 is 0 Å². The van der Waals surface area contributed by atoms with Gasteiger partial charge in [-0.1, -0.05) is 13.8 Å². The van der Waals surface area contributed by atoms with Crippen LogP contribution in [0.3, 0.4) is 0 Å². The van der Waals surface area contributed by atoms with E-state index in [1.165, 1.54) is 47.0 Å². The molecule has 3 aromatic rings. The van der Waals surface area contributed by atoms with Gasteiger partial charge in [0.15, 0.2) is 5.76 Å². The molecule has 14 heteroatoms. The number of nitro groups is 1. The molecule has 1 amide bonds. The summed E-state index contributed by atoms with van der Waals surface area (Å²) in [6.45, 7) is 4.15. The maximum absolute atomic E-state index is 12.6. The summed E-state index contributed by atoms with van der Waals surface area (Å²) in [4.78, 5) is 30.7. The molecule has 0 saturated carbocycles. The van der Waals surface area contributed by atoms with Crippen LogP contribution in [-0.4, -0.2) is 46.6 Å². The van der Waals surface area contributed by atoms with Crippen molar-refractivity contribution in [1.29, 1.82) is 0 Å². The molecule has 0 saturated heterocycles. The lowest BCUT2D eigenvalue weighted by Crippen LogP contribution is -2.30. The minimum Gasteiger partial charge on any atom is -0.459 e. The second-order valence-electron chi connectivity index (χ2n) is 6.47. The summed E-state index contributed by atoms with van der Waals surface area (Å²) in [6, 6.07) is 8.66. The first-order valence-electron chi connectivity index (χ1n) is 9.74. The summed E-state index contributed by atoms with van der Waals surface area (Å²) in [6.07, 6.45) is 2.37. The van der Waals surface area contributed by atoms with Gasteiger partial charge in [-0.15, -0.1) is 0 Å². The fraction of sp³-hybridized carbons (Fsp3) is 0.211. The standard InChI is InChI=1S/C19H21N7O6S/c1-3-25(4-2)33(30,31)14-9-7-13(8-10-14)22-17-16(26(28)29)18(21-12-20-17)23-24-19(27)15-6-5-11-32-15/h5-12H,3-4H2,1-2H3,(H,24,27)(H2,20,21,22,23). The Hall–Kier alpha value is -4.04. The molecule has 2 aromatic heterocycles. The molecule has 0 aliphatic rings. The lowest BCUT2D eigenvalue weighted by Gasteiger charge is -2.18. The Bertz CT molecular complexity index is 1230. The molecule has 0 atom stereocenters. The number of hydrogen-bond donors (Lipinski definition) is 3. The van der Waals surface area contributed by atoms with Crippen molar-refractivity contribution in [2.75, 3.05) is 23.8 Å². The average Bonchev–Trinajstić information content (AvgIpc) is 3.33. The third kappa shape index (κ3) is 5.24. The molecule has 0 aliphatic carbocycles. The molecule has 2 heterocycles. The lowest BCUT2D eigenvalue weighted by atomic mass is 10.3. The number of anilines is 3. The zero-order chi connectivity index (χ0) is 24.0. The number of amides is 1. The fourth-order valence-corrected chi connectivity index (χ4v) is 4.34. The summed E-state index contributed by atoms with van der Waals surface area (Å²) in [5, 5.41) is 14.4. The smallest absolute Gasteiger partial charge is 0.355 e. The van der Waals surface area contributed by atoms with Gasteiger partial charge in [-0.25, -0.2) is 18.4 Å². The van der Waals surface area contributed by atoms with Crippen LogP contribution in [0.4, 0.5) is 23.0 Å². The highest BCUT2D eigenvalue weighted by atomic mass is 32.2. The number of sulfonamides is 1. The van der Waals surface area contributed by atoms with Gasteiger partial charge in [-0.05, 0) is 36.4 Å². The molecule has 33 heavy (non-hydrogen) atoms. The number of benzene rings is 1. The summed E-state index contributed by atoms with van der Waals surface area (Å²) in [5.74, 6) is -1.09. The third-order valence-electron chi connectivity index (χ3n) is 4.50. The number of rotatable bonds is 10. The fourth-order valence-electron chi connectivity index (χ4n) is 2.88. The van der Waals surface area contributed by atoms with Crippen LogP contribution in [0.2, 0.25) is 0 Å². The van der Waals surface area contributed by atoms with Crippen LogP contribution in [-0.2, 0) is 10.0 Å². The van der Waals surface area contributed by atoms with E-state index >= 15 is 0 Å². The van der Waals surface area contributed by atoms with Crippen molar-refractivity contribution in [2.45, 2.75) is 18.7 Å². The number of carbonyl (C=O) groups excluding carboxylic acids is 1. The van der Waals surface area contributed by atoms with Gasteiger partial charge in [0.05, 0.1) is 16.1 Å². The monoisotopic (exact) mass is 475 g/mol. The molecule has 0 radical (unpaired) electrons. The average molecular weight is 475 g/mol. The number of nitrogens with one attached hydrogen (secondary N) is 3. The topological polar surface area (TPSA) is 173 Å². The number of hydrogen-bond acceptors (Lipinski definition) is 10. The van der Waals surface area contributed by atoms with Gasteiger partial charge in [-0.3, -0.25) is 25.8 Å². The predicted molar refractivity (Wildman–Crippen MR) is 118 cm³/mol. The van der Waals surface area contributed by atoms with Crippen LogP contribution in [0.15, 0.2) is 58.3 Å². The van der Waals surface area contributed by atoms with E-state index in [1.807, 2.05) is 0 Å². The molecule has 0 aliphatic heterocycles. The van der Waals surface area contributed by atoms with Gasteiger partial charge < -0.3 is 9.73 Å². The van der Waals surface area contributed by atoms with Gasteiger partial charge in [0.25, 0.3) is 0 Å². The molecule has 174 valence electrons. The van der Waals surface area contributed by atoms with E-state index in [-0.39, 0.29) is 22.3 Å². The largest absolute Gasteiger partial charge is 0.459 e. The quantitative estimate of drug-likeness (QED) is 0.292. The van der Waals surface area contributed by atoms with Crippen LogP contribution < -0.4 is 16.2 Å². The lowest BCUT2D eigenvalue weighted by molar-refractivity contribution is -0.383. The van der Waals surface area contributed by atoms with Crippen LogP contribution in [0.25, 0.3) is 0 Å². The Morgan fingerprint density at radius 1 is 1.12 bits per heavy atom. The first-order chi connectivity index (χ1) is 15.8. The Balaban J connectivity index is 1.81. The van der Waals surface area contributed by atoms with Crippen LogP contribution in [0.1, 0.15) is 24.4 Å². The Morgan fingerprint density at radius 2 is 1.79 bits per heavy atom. The highest BCUT2D eigenvalue weighted by Gasteiger charge is 2.25. The van der Waals surface area contributed by atoms with E-state index in [1.54, 1.807) is 13.8 Å². The van der Waals surface area contributed by atoms with Gasteiger partial charge in [-0.2, -0.15) is 4.31 Å². The van der Waals surface area contributed by atoms with Gasteiger partial charge in [0.1, 0.15) is 6.33 Å². The summed E-state index contributed by atoms with van der Waals surface area (Å²) in [5.41, 5.74) is 4.47. The molecule has 0 spiro atoms. The number of hydrazine groups is 1. The van der Waals surface area contributed by atoms with Crippen molar-refractivity contribution in [3.05, 3.63) is 64.9 Å². The highest BCUT2D eigenvalue weighted by Crippen LogP contribution is 2.31. The number of nitrogens with zero attached hydrogens (tertiary/aromatic N) is 4. The summed E-state index contributed by atoms with van der Waals surface area (Å²) in [7, 11) is -3.64. The first-order valence-corrected chi connectivity index (χ1v) is 11.2. The van der Waals surface area contributed by atoms with Crippen LogP contribution in [0.5, 0.6) is 0 Å². The van der Waals surface area contributed by atoms with Crippen molar-refractivity contribution in [1.82, 2.24) is 19.7 Å². The van der Waals surface area contributed by atoms with E-state index in [0.29, 0.717) is 18.8 Å². The molecule has 0 unspecified atom stereocenters. The Morgan fingerprint density at radius 3 is 2.36 bits per heavy atom. The first kappa shape index (κ1) is 23.6. The SMILES string of the molecule is CCN(CC)S(=O)(=O)c1ccc(Nc2ncnc(NNC(=O)c3ccco3)c2[N+](=O)[O-])cc1. The van der Waals surface area contributed by atoms with Crippen molar-refractivity contribution in [3.8, 4) is 0 Å². The molecule has 0 fully saturated rings. The minimum atomic E-state index is -3.64. The molecule has 1 aromatic carbocycles. The van der Waals surface area contributed by atoms with E-state index < -0.39 is 26.5 Å². The van der Waals surface area contributed by atoms with Crippen molar-refractivity contribution >= 4 is 38.9 Å². The second kappa shape index (κ2) is 10.1. The van der Waals surface area contributed by atoms with Crippen molar-refractivity contribution in [2.24, 2.45) is 0 Å². The highest BCUT2D eigenvalue weighted by molar-refractivity contribution is 7.89. The molecule has 3 rings (SSSR count). The number of furan rings is 1. The van der Waals surface area contributed by atoms with Gasteiger partial charge >= 0.3 is 11.6 Å². The Labute approximate surface area is 189 Å². The van der Waals surface area contributed by atoms with E-state index in [4.69, 9.17) is 4.42 Å². The summed E-state index contributed by atoms with van der Waals surface area (Å²) < 4.78 is 31.5. The normalized spacial score (nSPS) is 11.2. The molecule has 13 nitrogen and oxygen atoms in total. The summed E-state index contributed by atoms with van der Waals surface area (Å²) >= 11 is 0. The Kier molecular flexibility index (Phi) is 7.20. The third-order valence-corrected chi connectivity index (χ3v) is 6.57. The second-order valence-corrected chi connectivity index (χ2v) is 8.41. The molecule has 3 N–H and O–H groups in total. The maximum atomic E-state index is 12.6. The zero-order valence-electron chi connectivity index (χ0n) is 17.7. The zero-order valence-corrected chi connectivity index (χ0v) is 18.5. The number of carbonyl (C=O) groups is 1. The maximum Gasteiger partial charge on any atom is 0.355 e. The van der Waals surface area contributed by atoms with Gasteiger partial charge in [0.2, 0.25) is 21.7 Å². The molecule has 0 bridgehead atoms. The van der Waals surface area contributed by atoms with E-state index in [2.05, 4.69) is 26.1 Å². The van der Waals surface area contributed by atoms with Gasteiger partial charge in [0, 0.05) is 18.8 Å². The minimum absolute atomic E-state index is 0.00249. The molecular formula is C19H21N7O6S. The predicted octanol–water partition coefficient (Wildman–Crippen LogP) is 2.51. The van der Waals surface area contributed by atoms with Crippen molar-refractivity contribution in [3.63, 3.8) is 0 Å². The molecular weight excluding hydrogens is 454 g/mol. The number of aromatic nitrogens is 2. The van der Waals surface area contributed by atoms with E-state index in [9.17, 15) is 23.3 Å².